The fourth-order valence-corrected chi connectivity index (χ4v) is 4.87. The van der Waals surface area contributed by atoms with Crippen molar-refractivity contribution in [2.24, 2.45) is 0 Å². The van der Waals surface area contributed by atoms with Crippen molar-refractivity contribution in [3.63, 3.8) is 0 Å². The number of carbonyl (C=O) groups is 1. The Balaban J connectivity index is 1.31. The lowest BCUT2D eigenvalue weighted by Crippen LogP contribution is -2.50. The molecule has 0 spiro atoms. The molecule has 178 valence electrons. The molecule has 9 heteroatoms. The summed E-state index contributed by atoms with van der Waals surface area (Å²) in [7, 11) is -3.55. The van der Waals surface area contributed by atoms with Gasteiger partial charge in [0.15, 0.2) is 0 Å². The second-order valence-electron chi connectivity index (χ2n) is 8.07. The van der Waals surface area contributed by atoms with Crippen LogP contribution in [0.15, 0.2) is 64.5 Å². The standard InChI is InChI=1S/C25H27N3O5S/c1-19-24(20(2)33-26-19)18-32-23-10-8-22(9-11-23)25(29)27-13-15-28(16-14-27)34(30,31)17-12-21-6-4-3-5-7-21/h3-12,17H,13-16,18H2,1-2H3/b17-12+. The number of hydrogen-bond acceptors (Lipinski definition) is 6. The zero-order valence-electron chi connectivity index (χ0n) is 19.2. The molecule has 0 bridgehead atoms. The molecule has 0 radical (unpaired) electrons. The van der Waals surface area contributed by atoms with E-state index in [0.29, 0.717) is 31.0 Å². The van der Waals surface area contributed by atoms with Crippen LogP contribution in [0.4, 0.5) is 0 Å². The zero-order chi connectivity index (χ0) is 24.1. The van der Waals surface area contributed by atoms with Gasteiger partial charge in [0, 0.05) is 37.2 Å². The number of sulfonamides is 1. The number of amides is 1. The molecule has 2 heterocycles. The highest BCUT2D eigenvalue weighted by atomic mass is 32.2. The number of piperazine rings is 1. The Bertz CT molecular complexity index is 1240. The maximum absolute atomic E-state index is 12.9. The normalized spacial score (nSPS) is 15.1. The molecule has 4 rings (SSSR count). The topological polar surface area (TPSA) is 93.0 Å². The Morgan fingerprint density at radius 1 is 1.03 bits per heavy atom. The van der Waals surface area contributed by atoms with Crippen LogP contribution in [0.25, 0.3) is 6.08 Å². The van der Waals surface area contributed by atoms with Crippen molar-refractivity contribution in [1.29, 1.82) is 0 Å². The summed E-state index contributed by atoms with van der Waals surface area (Å²) in [6, 6.07) is 16.2. The van der Waals surface area contributed by atoms with Gasteiger partial charge in [0.2, 0.25) is 10.0 Å². The first-order valence-corrected chi connectivity index (χ1v) is 12.5. The van der Waals surface area contributed by atoms with E-state index < -0.39 is 10.0 Å². The van der Waals surface area contributed by atoms with Crippen LogP contribution in [0, 0.1) is 13.8 Å². The number of aryl methyl sites for hydroxylation is 2. The van der Waals surface area contributed by atoms with Gasteiger partial charge >= 0.3 is 0 Å². The molecule has 1 amide bonds. The van der Waals surface area contributed by atoms with E-state index in [1.54, 1.807) is 35.2 Å². The van der Waals surface area contributed by atoms with Crippen LogP contribution >= 0.6 is 0 Å². The Morgan fingerprint density at radius 3 is 2.32 bits per heavy atom. The van der Waals surface area contributed by atoms with Gasteiger partial charge in [0.25, 0.3) is 5.91 Å². The molecule has 1 aromatic heterocycles. The van der Waals surface area contributed by atoms with Crippen molar-refractivity contribution >= 4 is 22.0 Å². The molecule has 1 aliphatic rings. The van der Waals surface area contributed by atoms with E-state index in [1.165, 1.54) is 9.71 Å². The fraction of sp³-hybridized carbons (Fsp3) is 0.280. The van der Waals surface area contributed by atoms with E-state index in [0.717, 1.165) is 22.6 Å². The maximum Gasteiger partial charge on any atom is 0.253 e. The van der Waals surface area contributed by atoms with Crippen LogP contribution in [0.1, 0.15) is 32.9 Å². The van der Waals surface area contributed by atoms with Crippen LogP contribution in [0.2, 0.25) is 0 Å². The summed E-state index contributed by atoms with van der Waals surface area (Å²) in [6.07, 6.45) is 1.59. The average molecular weight is 482 g/mol. The minimum atomic E-state index is -3.55. The van der Waals surface area contributed by atoms with Gasteiger partial charge in [0.1, 0.15) is 18.1 Å². The van der Waals surface area contributed by atoms with Gasteiger partial charge in [-0.25, -0.2) is 8.42 Å². The maximum atomic E-state index is 12.9. The molecule has 0 N–H and O–H groups in total. The lowest BCUT2D eigenvalue weighted by atomic mass is 10.1. The lowest BCUT2D eigenvalue weighted by Gasteiger charge is -2.33. The first-order chi connectivity index (χ1) is 16.3. The largest absolute Gasteiger partial charge is 0.489 e. The van der Waals surface area contributed by atoms with Gasteiger partial charge in [-0.15, -0.1) is 0 Å². The number of hydrogen-bond donors (Lipinski definition) is 0. The summed E-state index contributed by atoms with van der Waals surface area (Å²) in [5.41, 5.74) is 3.05. The first-order valence-electron chi connectivity index (χ1n) is 11.0. The minimum Gasteiger partial charge on any atom is -0.489 e. The quantitative estimate of drug-likeness (QED) is 0.512. The summed E-state index contributed by atoms with van der Waals surface area (Å²) in [5.74, 6) is 1.23. The second kappa shape index (κ2) is 10.2. The van der Waals surface area contributed by atoms with E-state index in [2.05, 4.69) is 5.16 Å². The summed E-state index contributed by atoms with van der Waals surface area (Å²) in [6.45, 7) is 5.22. The van der Waals surface area contributed by atoms with Crippen molar-refractivity contribution in [1.82, 2.24) is 14.4 Å². The van der Waals surface area contributed by atoms with Crippen molar-refractivity contribution in [2.75, 3.05) is 26.2 Å². The van der Waals surface area contributed by atoms with E-state index in [1.807, 2.05) is 44.2 Å². The third-order valence-corrected chi connectivity index (χ3v) is 7.35. The van der Waals surface area contributed by atoms with Gasteiger partial charge in [-0.05, 0) is 49.8 Å². The van der Waals surface area contributed by atoms with E-state index >= 15 is 0 Å². The number of rotatable bonds is 7. The van der Waals surface area contributed by atoms with Crippen LogP contribution in [-0.4, -0.2) is 54.9 Å². The van der Waals surface area contributed by atoms with Crippen LogP contribution in [0.3, 0.4) is 0 Å². The summed E-state index contributed by atoms with van der Waals surface area (Å²) in [4.78, 5) is 14.6. The molecule has 0 aliphatic carbocycles. The molecule has 34 heavy (non-hydrogen) atoms. The Kier molecular flexibility index (Phi) is 7.14. The van der Waals surface area contributed by atoms with Crippen molar-refractivity contribution in [3.8, 4) is 5.75 Å². The molecule has 0 atom stereocenters. The summed E-state index contributed by atoms with van der Waals surface area (Å²) in [5, 5.41) is 5.14. The SMILES string of the molecule is Cc1noc(C)c1COc1ccc(C(=O)N2CCN(S(=O)(=O)/C=C/c3ccccc3)CC2)cc1. The Morgan fingerprint density at radius 2 is 1.71 bits per heavy atom. The average Bonchev–Trinajstić information content (AvgIpc) is 3.19. The second-order valence-corrected chi connectivity index (χ2v) is 9.88. The highest BCUT2D eigenvalue weighted by Gasteiger charge is 2.27. The van der Waals surface area contributed by atoms with E-state index in [4.69, 9.17) is 9.26 Å². The predicted octanol–water partition coefficient (Wildman–Crippen LogP) is 3.63. The van der Waals surface area contributed by atoms with Crippen molar-refractivity contribution < 1.29 is 22.5 Å². The van der Waals surface area contributed by atoms with Gasteiger partial charge in [0.05, 0.1) is 11.3 Å². The molecule has 2 aromatic carbocycles. The van der Waals surface area contributed by atoms with Crippen molar-refractivity contribution in [3.05, 3.63) is 88.1 Å². The zero-order valence-corrected chi connectivity index (χ0v) is 20.0. The number of ether oxygens (including phenoxy) is 1. The van der Waals surface area contributed by atoms with E-state index in [-0.39, 0.29) is 19.0 Å². The number of nitrogens with zero attached hydrogens (tertiary/aromatic N) is 3. The molecule has 0 unspecified atom stereocenters. The predicted molar refractivity (Wildman–Crippen MR) is 129 cm³/mol. The fourth-order valence-electron chi connectivity index (χ4n) is 3.70. The third-order valence-electron chi connectivity index (χ3n) is 5.78. The van der Waals surface area contributed by atoms with Gasteiger partial charge in [-0.2, -0.15) is 4.31 Å². The Labute approximate surface area is 199 Å². The van der Waals surface area contributed by atoms with Crippen molar-refractivity contribution in [2.45, 2.75) is 20.5 Å². The number of aromatic nitrogens is 1. The smallest absolute Gasteiger partial charge is 0.253 e. The van der Waals surface area contributed by atoms with Gasteiger partial charge in [-0.3, -0.25) is 4.79 Å². The molecule has 1 aliphatic heterocycles. The molecular formula is C25H27N3O5S. The van der Waals surface area contributed by atoms with Crippen LogP contribution in [-0.2, 0) is 16.6 Å². The third kappa shape index (κ3) is 5.55. The van der Waals surface area contributed by atoms with Crippen LogP contribution in [0.5, 0.6) is 5.75 Å². The monoisotopic (exact) mass is 481 g/mol. The lowest BCUT2D eigenvalue weighted by molar-refractivity contribution is 0.0698. The molecule has 1 fully saturated rings. The molecule has 1 saturated heterocycles. The molecule has 3 aromatic rings. The summed E-state index contributed by atoms with van der Waals surface area (Å²) >= 11 is 0. The molecular weight excluding hydrogens is 454 g/mol. The first kappa shape index (κ1) is 23.7. The highest BCUT2D eigenvalue weighted by Crippen LogP contribution is 2.19. The van der Waals surface area contributed by atoms with Gasteiger partial charge in [-0.1, -0.05) is 35.5 Å². The Hall–Kier alpha value is -3.43. The molecule has 8 nitrogen and oxygen atoms in total. The van der Waals surface area contributed by atoms with Crippen LogP contribution < -0.4 is 4.74 Å². The molecule has 0 saturated carbocycles. The number of benzene rings is 2. The summed E-state index contributed by atoms with van der Waals surface area (Å²) < 4.78 is 37.6. The minimum absolute atomic E-state index is 0.130. The van der Waals surface area contributed by atoms with E-state index in [9.17, 15) is 13.2 Å². The number of carbonyl (C=O) groups excluding carboxylic acids is 1. The van der Waals surface area contributed by atoms with Gasteiger partial charge < -0.3 is 14.2 Å². The highest BCUT2D eigenvalue weighted by molar-refractivity contribution is 7.92.